The Balaban J connectivity index is 3.67. The van der Waals surface area contributed by atoms with Crippen LogP contribution >= 0.6 is 31.9 Å². The van der Waals surface area contributed by atoms with Gasteiger partial charge in [-0.15, -0.1) is 0 Å². The molecule has 0 spiro atoms. The fraction of sp³-hybridized carbons (Fsp3) is 0.250. The minimum absolute atomic E-state index is 0.434. The molecule has 0 fully saturated rings. The largest absolute Gasteiger partial charge is 0.418 e. The third kappa shape index (κ3) is 2.87. The smallest absolute Gasteiger partial charge is 0.398 e. The molecule has 0 unspecified atom stereocenters. The average Bonchev–Trinajstić information content (AvgIpc) is 2.07. The van der Waals surface area contributed by atoms with Crippen molar-refractivity contribution in [2.75, 3.05) is 5.73 Å². The fourth-order valence-electron chi connectivity index (χ4n) is 1.11. The number of halogens is 8. The SMILES string of the molecule is Nc1cc(C(F)(F)F)c(Br)c(C(F)(F)F)c1Br. The molecular weight excluding hydrogens is 384 g/mol. The van der Waals surface area contributed by atoms with Gasteiger partial charge in [0, 0.05) is 10.2 Å². The third-order valence-electron chi connectivity index (χ3n) is 1.82. The molecule has 0 radical (unpaired) electrons. The van der Waals surface area contributed by atoms with Gasteiger partial charge < -0.3 is 5.73 Å². The lowest BCUT2D eigenvalue weighted by atomic mass is 10.1. The zero-order chi connectivity index (χ0) is 13.6. The van der Waals surface area contributed by atoms with Gasteiger partial charge in [-0.1, -0.05) is 0 Å². The highest BCUT2D eigenvalue weighted by Gasteiger charge is 2.42. The van der Waals surface area contributed by atoms with Crippen molar-refractivity contribution < 1.29 is 26.3 Å². The van der Waals surface area contributed by atoms with Crippen LogP contribution in [0, 0.1) is 0 Å². The Labute approximate surface area is 108 Å². The molecule has 17 heavy (non-hydrogen) atoms. The van der Waals surface area contributed by atoms with E-state index in [1.807, 2.05) is 0 Å². The molecule has 0 atom stereocenters. The van der Waals surface area contributed by atoms with Crippen LogP contribution < -0.4 is 5.73 Å². The monoisotopic (exact) mass is 385 g/mol. The maximum absolute atomic E-state index is 12.6. The molecule has 0 saturated heterocycles. The highest BCUT2D eigenvalue weighted by atomic mass is 79.9. The Kier molecular flexibility index (Phi) is 3.73. The molecule has 96 valence electrons. The van der Waals surface area contributed by atoms with Crippen LogP contribution in [0.1, 0.15) is 11.1 Å². The second kappa shape index (κ2) is 4.34. The maximum Gasteiger partial charge on any atom is 0.418 e. The van der Waals surface area contributed by atoms with E-state index >= 15 is 0 Å². The number of nitrogen functional groups attached to an aromatic ring is 1. The van der Waals surface area contributed by atoms with Gasteiger partial charge in [0.05, 0.1) is 15.6 Å². The standard InChI is InChI=1S/C8H3Br2F6N/c9-5-2(7(11,12)13)1-3(17)6(10)4(5)8(14,15)16/h1H,17H2. The summed E-state index contributed by atoms with van der Waals surface area (Å²) in [7, 11) is 0. The minimum Gasteiger partial charge on any atom is -0.398 e. The Morgan fingerprint density at radius 3 is 1.71 bits per heavy atom. The fourth-order valence-corrected chi connectivity index (χ4v) is 2.68. The molecule has 0 aliphatic rings. The molecule has 0 amide bonds. The summed E-state index contributed by atoms with van der Waals surface area (Å²) in [4.78, 5) is 0. The Morgan fingerprint density at radius 2 is 1.35 bits per heavy atom. The van der Waals surface area contributed by atoms with Crippen molar-refractivity contribution in [2.24, 2.45) is 0 Å². The number of benzene rings is 1. The van der Waals surface area contributed by atoms with Crippen molar-refractivity contribution in [1.29, 1.82) is 0 Å². The van der Waals surface area contributed by atoms with E-state index < -0.39 is 38.1 Å². The van der Waals surface area contributed by atoms with E-state index in [0.717, 1.165) is 0 Å². The van der Waals surface area contributed by atoms with Gasteiger partial charge in [-0.05, 0) is 37.9 Å². The van der Waals surface area contributed by atoms with Gasteiger partial charge in [0.2, 0.25) is 0 Å². The molecule has 0 aliphatic heterocycles. The maximum atomic E-state index is 12.6. The van der Waals surface area contributed by atoms with E-state index in [9.17, 15) is 26.3 Å². The lowest BCUT2D eigenvalue weighted by molar-refractivity contribution is -0.144. The molecule has 0 heterocycles. The first-order valence-corrected chi connectivity index (χ1v) is 5.46. The van der Waals surface area contributed by atoms with Crippen molar-refractivity contribution in [1.82, 2.24) is 0 Å². The molecular formula is C8H3Br2F6N. The second-order valence-electron chi connectivity index (χ2n) is 3.01. The molecule has 1 nitrogen and oxygen atoms in total. The van der Waals surface area contributed by atoms with Crippen molar-refractivity contribution in [2.45, 2.75) is 12.4 Å². The molecule has 0 aromatic heterocycles. The number of alkyl halides is 6. The summed E-state index contributed by atoms with van der Waals surface area (Å²) >= 11 is 4.84. The van der Waals surface area contributed by atoms with E-state index in [4.69, 9.17) is 5.73 Å². The molecule has 9 heteroatoms. The van der Waals surface area contributed by atoms with Gasteiger partial charge in [-0.3, -0.25) is 0 Å². The molecule has 1 rings (SSSR count). The zero-order valence-corrected chi connectivity index (χ0v) is 10.9. The first-order chi connectivity index (χ1) is 7.46. The zero-order valence-electron chi connectivity index (χ0n) is 7.68. The van der Waals surface area contributed by atoms with Crippen molar-refractivity contribution in [3.05, 3.63) is 26.1 Å². The van der Waals surface area contributed by atoms with Crippen molar-refractivity contribution >= 4 is 37.5 Å². The van der Waals surface area contributed by atoms with Crippen LogP contribution in [0.3, 0.4) is 0 Å². The van der Waals surface area contributed by atoms with E-state index in [2.05, 4.69) is 31.9 Å². The second-order valence-corrected chi connectivity index (χ2v) is 4.60. The molecule has 1 aromatic rings. The van der Waals surface area contributed by atoms with Gasteiger partial charge in [-0.2, -0.15) is 26.3 Å². The molecule has 0 saturated carbocycles. The molecule has 0 bridgehead atoms. The van der Waals surface area contributed by atoms with Crippen LogP contribution in [-0.2, 0) is 12.4 Å². The summed E-state index contributed by atoms with van der Waals surface area (Å²) in [6.07, 6.45) is -9.87. The van der Waals surface area contributed by atoms with E-state index in [1.165, 1.54) is 0 Å². The number of nitrogens with two attached hydrogens (primary N) is 1. The van der Waals surface area contributed by atoms with Crippen molar-refractivity contribution in [3.63, 3.8) is 0 Å². The highest BCUT2D eigenvalue weighted by molar-refractivity contribution is 9.11. The Bertz CT molecular complexity index is 451. The van der Waals surface area contributed by atoms with Crippen LogP contribution in [0.5, 0.6) is 0 Å². The summed E-state index contributed by atoms with van der Waals surface area (Å²) < 4.78 is 73.4. The van der Waals surface area contributed by atoms with E-state index in [0.29, 0.717) is 6.07 Å². The number of rotatable bonds is 0. The molecule has 2 N–H and O–H groups in total. The summed E-state index contributed by atoms with van der Waals surface area (Å²) in [5.41, 5.74) is 1.54. The van der Waals surface area contributed by atoms with Crippen molar-refractivity contribution in [3.8, 4) is 0 Å². The van der Waals surface area contributed by atoms with E-state index in [-0.39, 0.29) is 0 Å². The Hall–Kier alpha value is -0.440. The van der Waals surface area contributed by atoms with Gasteiger partial charge in [-0.25, -0.2) is 0 Å². The van der Waals surface area contributed by atoms with Crippen LogP contribution in [0.2, 0.25) is 0 Å². The van der Waals surface area contributed by atoms with Crippen LogP contribution in [0.4, 0.5) is 32.0 Å². The highest BCUT2D eigenvalue weighted by Crippen LogP contribution is 2.47. The van der Waals surface area contributed by atoms with Crippen LogP contribution in [-0.4, -0.2) is 0 Å². The summed E-state index contributed by atoms with van der Waals surface area (Å²) in [5.74, 6) is 0. The molecule has 1 aromatic carbocycles. The van der Waals surface area contributed by atoms with Gasteiger partial charge >= 0.3 is 12.4 Å². The quantitative estimate of drug-likeness (QED) is 0.501. The third-order valence-corrected chi connectivity index (χ3v) is 3.50. The van der Waals surface area contributed by atoms with Crippen LogP contribution in [0.25, 0.3) is 0 Å². The summed E-state index contributed by atoms with van der Waals surface area (Å²) in [6.45, 7) is 0. The van der Waals surface area contributed by atoms with Gasteiger partial charge in [0.15, 0.2) is 0 Å². The predicted molar refractivity (Wildman–Crippen MR) is 56.3 cm³/mol. The first kappa shape index (κ1) is 14.6. The number of hydrogen-bond acceptors (Lipinski definition) is 1. The average molecular weight is 387 g/mol. The normalized spacial score (nSPS) is 12.9. The topological polar surface area (TPSA) is 26.0 Å². The summed E-state index contributed by atoms with van der Waals surface area (Å²) in [6, 6.07) is 0.434. The number of hydrogen-bond donors (Lipinski definition) is 1. The van der Waals surface area contributed by atoms with E-state index in [1.54, 1.807) is 0 Å². The van der Waals surface area contributed by atoms with Crippen LogP contribution in [0.15, 0.2) is 15.0 Å². The number of anilines is 1. The lowest BCUT2D eigenvalue weighted by Crippen LogP contribution is -2.15. The Morgan fingerprint density at radius 1 is 0.882 bits per heavy atom. The molecule has 0 aliphatic carbocycles. The van der Waals surface area contributed by atoms with Gasteiger partial charge in [0.1, 0.15) is 0 Å². The van der Waals surface area contributed by atoms with Gasteiger partial charge in [0.25, 0.3) is 0 Å². The first-order valence-electron chi connectivity index (χ1n) is 3.88. The minimum atomic E-state index is -4.95. The lowest BCUT2D eigenvalue weighted by Gasteiger charge is -2.18. The summed E-state index contributed by atoms with van der Waals surface area (Å²) in [5, 5.41) is 0. The predicted octanol–water partition coefficient (Wildman–Crippen LogP) is 4.83.